The molecule has 19 heavy (non-hydrogen) atoms. The number of carbonyl (C=O) groups excluding carboxylic acids is 1. The Hall–Kier alpha value is -1.30. The van der Waals surface area contributed by atoms with E-state index < -0.39 is 5.92 Å². The maximum absolute atomic E-state index is 11.7. The number of hydrogen-bond donors (Lipinski definition) is 0. The van der Waals surface area contributed by atoms with Crippen LogP contribution in [0.25, 0.3) is 0 Å². The SMILES string of the molecule is CCCC=C[C@H]1CC[C@H](C(C#N)C(=O)OCC)CC1. The van der Waals surface area contributed by atoms with E-state index in [0.717, 1.165) is 32.1 Å². The van der Waals surface area contributed by atoms with Gasteiger partial charge in [0.05, 0.1) is 12.7 Å². The molecule has 1 unspecified atom stereocenters. The average molecular weight is 263 g/mol. The van der Waals surface area contributed by atoms with Crippen LogP contribution in [-0.2, 0) is 9.53 Å². The molecule has 106 valence electrons. The van der Waals surface area contributed by atoms with E-state index in [0.29, 0.717) is 12.5 Å². The molecule has 0 heterocycles. The molecule has 1 saturated carbocycles. The van der Waals surface area contributed by atoms with Gasteiger partial charge in [-0.05, 0) is 50.9 Å². The van der Waals surface area contributed by atoms with Gasteiger partial charge in [-0.3, -0.25) is 4.79 Å². The van der Waals surface area contributed by atoms with Crippen LogP contribution in [0.2, 0.25) is 0 Å². The van der Waals surface area contributed by atoms with Gasteiger partial charge in [0.2, 0.25) is 0 Å². The summed E-state index contributed by atoms with van der Waals surface area (Å²) < 4.78 is 4.98. The van der Waals surface area contributed by atoms with Gasteiger partial charge in [0.25, 0.3) is 0 Å². The monoisotopic (exact) mass is 263 g/mol. The van der Waals surface area contributed by atoms with Crippen molar-refractivity contribution in [3.05, 3.63) is 12.2 Å². The van der Waals surface area contributed by atoms with Crippen LogP contribution >= 0.6 is 0 Å². The highest BCUT2D eigenvalue weighted by Crippen LogP contribution is 2.34. The van der Waals surface area contributed by atoms with Crippen LogP contribution < -0.4 is 0 Å². The number of hydrogen-bond acceptors (Lipinski definition) is 3. The number of carbonyl (C=O) groups is 1. The van der Waals surface area contributed by atoms with Gasteiger partial charge < -0.3 is 4.74 Å². The first-order chi connectivity index (χ1) is 9.22. The van der Waals surface area contributed by atoms with Crippen molar-refractivity contribution < 1.29 is 9.53 Å². The van der Waals surface area contributed by atoms with Crippen molar-refractivity contribution in [3.8, 4) is 6.07 Å². The fraction of sp³-hybridized carbons (Fsp3) is 0.750. The van der Waals surface area contributed by atoms with E-state index in [1.165, 1.54) is 6.42 Å². The molecule has 1 aliphatic carbocycles. The van der Waals surface area contributed by atoms with Crippen molar-refractivity contribution in [1.29, 1.82) is 5.26 Å². The fourth-order valence-electron chi connectivity index (χ4n) is 2.71. The standard InChI is InChI=1S/C16H25NO2/c1-3-5-6-7-13-8-10-14(11-9-13)15(12-17)16(18)19-4-2/h6-7,13-15H,3-5,8-11H2,1-2H3/t13-,14-,15?. The fourth-order valence-corrected chi connectivity index (χ4v) is 2.71. The number of unbranched alkanes of at least 4 members (excludes halogenated alkanes) is 1. The quantitative estimate of drug-likeness (QED) is 0.540. The third kappa shape index (κ3) is 5.06. The van der Waals surface area contributed by atoms with E-state index in [2.05, 4.69) is 25.1 Å². The first-order valence-electron chi connectivity index (χ1n) is 7.45. The van der Waals surface area contributed by atoms with Crippen molar-refractivity contribution in [1.82, 2.24) is 0 Å². The minimum Gasteiger partial charge on any atom is -0.465 e. The maximum Gasteiger partial charge on any atom is 0.323 e. The molecule has 0 radical (unpaired) electrons. The van der Waals surface area contributed by atoms with Crippen molar-refractivity contribution in [2.75, 3.05) is 6.61 Å². The molecule has 0 N–H and O–H groups in total. The van der Waals surface area contributed by atoms with E-state index in [9.17, 15) is 4.79 Å². The summed E-state index contributed by atoms with van der Waals surface area (Å²) in [6.07, 6.45) is 11.0. The van der Waals surface area contributed by atoms with Crippen molar-refractivity contribution in [2.45, 2.75) is 52.4 Å². The molecule has 0 aromatic heterocycles. The largest absolute Gasteiger partial charge is 0.465 e. The predicted molar refractivity (Wildman–Crippen MR) is 75.2 cm³/mol. The van der Waals surface area contributed by atoms with Gasteiger partial charge >= 0.3 is 5.97 Å². The molecule has 0 aromatic carbocycles. The molecule has 0 aromatic rings. The highest BCUT2D eigenvalue weighted by atomic mass is 16.5. The molecule has 0 spiro atoms. The van der Waals surface area contributed by atoms with Crippen molar-refractivity contribution >= 4 is 5.97 Å². The lowest BCUT2D eigenvalue weighted by atomic mass is 9.76. The smallest absolute Gasteiger partial charge is 0.323 e. The molecule has 0 amide bonds. The van der Waals surface area contributed by atoms with Crippen LogP contribution in [0.15, 0.2) is 12.2 Å². The topological polar surface area (TPSA) is 50.1 Å². The van der Waals surface area contributed by atoms with Crippen LogP contribution in [0.1, 0.15) is 52.4 Å². The molecule has 1 aliphatic rings. The molecule has 1 rings (SSSR count). The summed E-state index contributed by atoms with van der Waals surface area (Å²) in [5.74, 6) is -0.0975. The van der Waals surface area contributed by atoms with Crippen molar-refractivity contribution in [3.63, 3.8) is 0 Å². The number of ether oxygens (including phenoxy) is 1. The van der Waals surface area contributed by atoms with Crippen LogP contribution in [0.3, 0.4) is 0 Å². The number of esters is 1. The summed E-state index contributed by atoms with van der Waals surface area (Å²) in [5.41, 5.74) is 0. The summed E-state index contributed by atoms with van der Waals surface area (Å²) in [5, 5.41) is 9.15. The Morgan fingerprint density at radius 2 is 2.05 bits per heavy atom. The maximum atomic E-state index is 11.7. The van der Waals surface area contributed by atoms with Gasteiger partial charge in [-0.1, -0.05) is 25.5 Å². The second-order valence-electron chi connectivity index (χ2n) is 5.25. The summed E-state index contributed by atoms with van der Waals surface area (Å²) in [6.45, 7) is 4.31. The van der Waals surface area contributed by atoms with Crippen LogP contribution in [0, 0.1) is 29.1 Å². The normalized spacial score (nSPS) is 24.9. The second-order valence-corrected chi connectivity index (χ2v) is 5.25. The van der Waals surface area contributed by atoms with E-state index in [-0.39, 0.29) is 11.9 Å². The minimum absolute atomic E-state index is 0.180. The zero-order valence-corrected chi connectivity index (χ0v) is 12.1. The molecule has 1 atom stereocenters. The summed E-state index contributed by atoms with van der Waals surface area (Å²) >= 11 is 0. The molecular weight excluding hydrogens is 238 g/mol. The third-order valence-electron chi connectivity index (χ3n) is 3.83. The highest BCUT2D eigenvalue weighted by Gasteiger charge is 2.32. The van der Waals surface area contributed by atoms with E-state index in [4.69, 9.17) is 10.00 Å². The lowest BCUT2D eigenvalue weighted by Gasteiger charge is -2.28. The van der Waals surface area contributed by atoms with E-state index >= 15 is 0 Å². The lowest BCUT2D eigenvalue weighted by molar-refractivity contribution is -0.148. The van der Waals surface area contributed by atoms with Gasteiger partial charge in [-0.25, -0.2) is 0 Å². The summed E-state index contributed by atoms with van der Waals surface area (Å²) in [6, 6.07) is 2.13. The first kappa shape index (κ1) is 15.8. The zero-order valence-electron chi connectivity index (χ0n) is 12.1. The Kier molecular flexibility index (Phi) is 7.25. The van der Waals surface area contributed by atoms with E-state index in [1.807, 2.05) is 0 Å². The number of nitrogens with zero attached hydrogens (tertiary/aromatic N) is 1. The molecular formula is C16H25NO2. The molecule has 3 heteroatoms. The number of allylic oxidation sites excluding steroid dienone is 2. The molecule has 0 bridgehead atoms. The summed E-state index contributed by atoms with van der Waals surface area (Å²) in [4.78, 5) is 11.7. The van der Waals surface area contributed by atoms with Gasteiger partial charge in [-0.2, -0.15) is 5.26 Å². The first-order valence-corrected chi connectivity index (χ1v) is 7.45. The molecule has 0 saturated heterocycles. The lowest BCUT2D eigenvalue weighted by Crippen LogP contribution is -2.28. The Bertz CT molecular complexity index is 335. The Morgan fingerprint density at radius 1 is 1.37 bits per heavy atom. The van der Waals surface area contributed by atoms with Gasteiger partial charge in [0, 0.05) is 0 Å². The number of nitriles is 1. The number of rotatable bonds is 6. The Labute approximate surface area is 116 Å². The zero-order chi connectivity index (χ0) is 14.1. The second kappa shape index (κ2) is 8.74. The van der Waals surface area contributed by atoms with Gasteiger partial charge in [0.1, 0.15) is 5.92 Å². The third-order valence-corrected chi connectivity index (χ3v) is 3.83. The van der Waals surface area contributed by atoms with Crippen LogP contribution in [0.4, 0.5) is 0 Å². The van der Waals surface area contributed by atoms with Gasteiger partial charge in [0.15, 0.2) is 0 Å². The minimum atomic E-state index is -0.569. The van der Waals surface area contributed by atoms with E-state index in [1.54, 1.807) is 6.92 Å². The Morgan fingerprint density at radius 3 is 2.58 bits per heavy atom. The Balaban J connectivity index is 2.43. The van der Waals surface area contributed by atoms with Crippen LogP contribution in [0.5, 0.6) is 0 Å². The molecule has 0 aliphatic heterocycles. The van der Waals surface area contributed by atoms with Crippen molar-refractivity contribution in [2.24, 2.45) is 17.8 Å². The van der Waals surface area contributed by atoms with Crippen LogP contribution in [-0.4, -0.2) is 12.6 Å². The predicted octanol–water partition coefficient (Wildman–Crippen LogP) is 3.85. The molecule has 3 nitrogen and oxygen atoms in total. The highest BCUT2D eigenvalue weighted by molar-refractivity contribution is 5.75. The average Bonchev–Trinajstić information content (AvgIpc) is 2.42. The van der Waals surface area contributed by atoms with Gasteiger partial charge in [-0.15, -0.1) is 0 Å². The summed E-state index contributed by atoms with van der Waals surface area (Å²) in [7, 11) is 0. The molecule has 1 fully saturated rings.